The van der Waals surface area contributed by atoms with Crippen molar-refractivity contribution < 1.29 is 0 Å². The molecular weight excluding hydrogens is 196 g/mol. The highest BCUT2D eigenvalue weighted by Crippen LogP contribution is 2.18. The van der Waals surface area contributed by atoms with Crippen molar-refractivity contribution in [3.8, 4) is 0 Å². The first kappa shape index (κ1) is 11.6. The van der Waals surface area contributed by atoms with Crippen molar-refractivity contribution in [2.75, 3.05) is 19.6 Å². The summed E-state index contributed by atoms with van der Waals surface area (Å²) in [7, 11) is 0. The molecule has 16 heavy (non-hydrogen) atoms. The molecule has 2 nitrogen and oxygen atoms in total. The summed E-state index contributed by atoms with van der Waals surface area (Å²) in [5.41, 5.74) is 4.35. The van der Waals surface area contributed by atoms with Gasteiger partial charge in [0.15, 0.2) is 0 Å². The monoisotopic (exact) mass is 218 g/mol. The lowest BCUT2D eigenvalue weighted by atomic mass is 10.0. The number of likely N-dealkylation sites (N-methyl/N-ethyl adjacent to an activating group) is 1. The lowest BCUT2D eigenvalue weighted by Gasteiger charge is -2.38. The zero-order valence-electron chi connectivity index (χ0n) is 10.6. The van der Waals surface area contributed by atoms with Crippen LogP contribution in [0.2, 0.25) is 0 Å². The van der Waals surface area contributed by atoms with Crippen LogP contribution in [0.5, 0.6) is 0 Å². The van der Waals surface area contributed by atoms with Gasteiger partial charge in [0.2, 0.25) is 0 Å². The highest BCUT2D eigenvalue weighted by atomic mass is 15.2. The van der Waals surface area contributed by atoms with Crippen LogP contribution in [0.4, 0.5) is 0 Å². The molecule has 2 heteroatoms. The zero-order valence-corrected chi connectivity index (χ0v) is 10.6. The summed E-state index contributed by atoms with van der Waals surface area (Å²) in [4.78, 5) is 2.58. The Labute approximate surface area is 98.7 Å². The molecule has 1 fully saturated rings. The molecule has 0 aromatic heterocycles. The third kappa shape index (κ3) is 2.28. The molecule has 0 amide bonds. The molecule has 1 N–H and O–H groups in total. The lowest BCUT2D eigenvalue weighted by molar-refractivity contribution is 0.145. The van der Waals surface area contributed by atoms with Gasteiger partial charge in [0.1, 0.15) is 0 Å². The van der Waals surface area contributed by atoms with Crippen LogP contribution in [-0.4, -0.2) is 30.6 Å². The predicted octanol–water partition coefficient (Wildman–Crippen LogP) is 2.10. The third-order valence-corrected chi connectivity index (χ3v) is 3.69. The van der Waals surface area contributed by atoms with Crippen molar-refractivity contribution in [1.29, 1.82) is 0 Å². The smallest absolute Gasteiger partial charge is 0.0348 e. The molecule has 0 radical (unpaired) electrons. The van der Waals surface area contributed by atoms with Crippen LogP contribution in [0, 0.1) is 13.8 Å². The van der Waals surface area contributed by atoms with Crippen molar-refractivity contribution >= 4 is 0 Å². The Bertz CT molecular complexity index is 336. The van der Waals surface area contributed by atoms with Crippen LogP contribution in [0.15, 0.2) is 18.2 Å². The van der Waals surface area contributed by atoms with Gasteiger partial charge < -0.3 is 5.32 Å². The second-order valence-electron chi connectivity index (χ2n) is 4.75. The SMILES string of the molecule is CCN(Cc1c(C)cccc1C)C1CNC1. The standard InChI is InChI=1S/C14H22N2/c1-4-16(13-8-15-9-13)10-14-11(2)6-5-7-12(14)3/h5-7,13,15H,4,8-10H2,1-3H3. The van der Waals surface area contributed by atoms with Gasteiger partial charge in [-0.3, -0.25) is 4.90 Å². The van der Waals surface area contributed by atoms with Gasteiger partial charge in [0.05, 0.1) is 0 Å². The van der Waals surface area contributed by atoms with Gasteiger partial charge in [-0.25, -0.2) is 0 Å². The predicted molar refractivity (Wildman–Crippen MR) is 68.7 cm³/mol. The normalized spacial score (nSPS) is 16.5. The van der Waals surface area contributed by atoms with Gasteiger partial charge >= 0.3 is 0 Å². The lowest BCUT2D eigenvalue weighted by Crippen LogP contribution is -2.56. The van der Waals surface area contributed by atoms with Gasteiger partial charge in [-0.05, 0) is 37.1 Å². The maximum Gasteiger partial charge on any atom is 0.0348 e. The molecule has 0 bridgehead atoms. The number of nitrogens with zero attached hydrogens (tertiary/aromatic N) is 1. The molecule has 0 atom stereocenters. The molecule has 0 aliphatic carbocycles. The minimum Gasteiger partial charge on any atom is -0.314 e. The number of aryl methyl sites for hydroxylation is 2. The Balaban J connectivity index is 2.11. The summed E-state index contributed by atoms with van der Waals surface area (Å²) in [5, 5.41) is 3.35. The molecule has 0 unspecified atom stereocenters. The fraction of sp³-hybridized carbons (Fsp3) is 0.571. The van der Waals surface area contributed by atoms with Crippen LogP contribution >= 0.6 is 0 Å². The van der Waals surface area contributed by atoms with Crippen LogP contribution < -0.4 is 5.32 Å². The third-order valence-electron chi connectivity index (χ3n) is 3.69. The number of hydrogen-bond acceptors (Lipinski definition) is 2. The molecule has 1 aliphatic rings. The van der Waals surface area contributed by atoms with E-state index in [2.05, 4.69) is 49.2 Å². The first-order valence-corrected chi connectivity index (χ1v) is 6.22. The molecule has 0 saturated carbocycles. The maximum atomic E-state index is 3.35. The van der Waals surface area contributed by atoms with Crippen molar-refractivity contribution in [3.63, 3.8) is 0 Å². The fourth-order valence-corrected chi connectivity index (χ4v) is 2.33. The Hall–Kier alpha value is -0.860. The summed E-state index contributed by atoms with van der Waals surface area (Å²) in [6, 6.07) is 7.32. The van der Waals surface area contributed by atoms with Gasteiger partial charge in [0.25, 0.3) is 0 Å². The fourth-order valence-electron chi connectivity index (χ4n) is 2.33. The van der Waals surface area contributed by atoms with Gasteiger partial charge in [-0.15, -0.1) is 0 Å². The first-order valence-electron chi connectivity index (χ1n) is 6.22. The average Bonchev–Trinajstić information content (AvgIpc) is 2.19. The largest absolute Gasteiger partial charge is 0.314 e. The van der Waals surface area contributed by atoms with Gasteiger partial charge in [0, 0.05) is 25.7 Å². The molecule has 1 aliphatic heterocycles. The van der Waals surface area contributed by atoms with E-state index in [-0.39, 0.29) is 0 Å². The van der Waals surface area contributed by atoms with E-state index < -0.39 is 0 Å². The number of benzene rings is 1. The quantitative estimate of drug-likeness (QED) is 0.832. The molecular formula is C14H22N2. The van der Waals surface area contributed by atoms with E-state index in [0.29, 0.717) is 0 Å². The van der Waals surface area contributed by atoms with E-state index in [1.54, 1.807) is 0 Å². The van der Waals surface area contributed by atoms with E-state index in [4.69, 9.17) is 0 Å². The number of rotatable bonds is 4. The second-order valence-corrected chi connectivity index (χ2v) is 4.75. The van der Waals surface area contributed by atoms with E-state index in [1.807, 2.05) is 0 Å². The van der Waals surface area contributed by atoms with Crippen molar-refractivity contribution in [1.82, 2.24) is 10.2 Å². The maximum absolute atomic E-state index is 3.35. The van der Waals surface area contributed by atoms with Gasteiger partial charge in [-0.1, -0.05) is 25.1 Å². The Morgan fingerprint density at radius 1 is 1.25 bits per heavy atom. The Morgan fingerprint density at radius 3 is 2.31 bits per heavy atom. The van der Waals surface area contributed by atoms with Crippen LogP contribution in [0.3, 0.4) is 0 Å². The van der Waals surface area contributed by atoms with Crippen molar-refractivity contribution in [2.45, 2.75) is 33.4 Å². The number of hydrogen-bond donors (Lipinski definition) is 1. The molecule has 0 spiro atoms. The summed E-state index contributed by atoms with van der Waals surface area (Å²) >= 11 is 0. The van der Waals surface area contributed by atoms with E-state index >= 15 is 0 Å². The molecule has 2 rings (SSSR count). The second kappa shape index (κ2) is 4.98. The molecule has 88 valence electrons. The van der Waals surface area contributed by atoms with E-state index in [9.17, 15) is 0 Å². The van der Waals surface area contributed by atoms with E-state index in [0.717, 1.165) is 32.2 Å². The average molecular weight is 218 g/mol. The zero-order chi connectivity index (χ0) is 11.5. The Morgan fingerprint density at radius 2 is 1.88 bits per heavy atom. The molecule has 1 saturated heterocycles. The molecule has 1 aromatic carbocycles. The van der Waals surface area contributed by atoms with Crippen LogP contribution in [0.25, 0.3) is 0 Å². The minimum atomic E-state index is 0.740. The van der Waals surface area contributed by atoms with Crippen LogP contribution in [-0.2, 0) is 6.54 Å². The van der Waals surface area contributed by atoms with E-state index in [1.165, 1.54) is 16.7 Å². The van der Waals surface area contributed by atoms with Gasteiger partial charge in [-0.2, -0.15) is 0 Å². The number of nitrogens with one attached hydrogen (secondary N) is 1. The molecule has 1 heterocycles. The molecule has 1 aromatic rings. The highest BCUT2D eigenvalue weighted by molar-refractivity contribution is 5.33. The summed E-state index contributed by atoms with van der Waals surface area (Å²) in [5.74, 6) is 0. The summed E-state index contributed by atoms with van der Waals surface area (Å²) < 4.78 is 0. The van der Waals surface area contributed by atoms with Crippen molar-refractivity contribution in [3.05, 3.63) is 34.9 Å². The highest BCUT2D eigenvalue weighted by Gasteiger charge is 2.23. The first-order chi connectivity index (χ1) is 7.72. The minimum absolute atomic E-state index is 0.740. The van der Waals surface area contributed by atoms with Crippen molar-refractivity contribution in [2.24, 2.45) is 0 Å². The van der Waals surface area contributed by atoms with Crippen LogP contribution in [0.1, 0.15) is 23.6 Å². The topological polar surface area (TPSA) is 15.3 Å². The summed E-state index contributed by atoms with van der Waals surface area (Å²) in [6.45, 7) is 11.2. The summed E-state index contributed by atoms with van der Waals surface area (Å²) in [6.07, 6.45) is 0. The Kier molecular flexibility index (Phi) is 3.62.